The second-order valence-electron chi connectivity index (χ2n) is 9.46. The van der Waals surface area contributed by atoms with Gasteiger partial charge in [0, 0.05) is 44.9 Å². The van der Waals surface area contributed by atoms with Crippen LogP contribution in [0.3, 0.4) is 0 Å². The molecule has 0 bridgehead atoms. The van der Waals surface area contributed by atoms with Crippen LogP contribution >= 0.6 is 0 Å². The Morgan fingerprint density at radius 3 is 2.57 bits per heavy atom. The first-order chi connectivity index (χ1) is 14.1. The van der Waals surface area contributed by atoms with Gasteiger partial charge in [-0.15, -0.1) is 0 Å². The van der Waals surface area contributed by atoms with Crippen molar-refractivity contribution in [2.24, 2.45) is 5.41 Å². The van der Waals surface area contributed by atoms with Gasteiger partial charge in [-0.3, -0.25) is 9.69 Å². The van der Waals surface area contributed by atoms with E-state index in [9.17, 15) is 13.2 Å². The van der Waals surface area contributed by atoms with Crippen molar-refractivity contribution in [3.63, 3.8) is 0 Å². The molecule has 0 spiro atoms. The first-order valence-corrected chi connectivity index (χ1v) is 12.4. The van der Waals surface area contributed by atoms with Crippen molar-refractivity contribution >= 4 is 15.9 Å². The van der Waals surface area contributed by atoms with Gasteiger partial charge in [-0.2, -0.15) is 0 Å². The fraction of sp³-hybridized carbons (Fsp3) is 0.682. The van der Waals surface area contributed by atoms with E-state index >= 15 is 0 Å². The van der Waals surface area contributed by atoms with Crippen molar-refractivity contribution in [2.75, 3.05) is 45.9 Å². The minimum absolute atomic E-state index is 0.0702. The van der Waals surface area contributed by atoms with E-state index in [2.05, 4.69) is 30.4 Å². The van der Waals surface area contributed by atoms with E-state index in [-0.39, 0.29) is 23.5 Å². The van der Waals surface area contributed by atoms with Gasteiger partial charge in [-0.1, -0.05) is 26.8 Å². The monoisotopic (exact) mass is 437 g/mol. The van der Waals surface area contributed by atoms with Crippen LogP contribution in [0.5, 0.6) is 0 Å². The molecule has 7 nitrogen and oxygen atoms in total. The summed E-state index contributed by atoms with van der Waals surface area (Å²) in [6.45, 7) is 11.7. The van der Waals surface area contributed by atoms with Gasteiger partial charge in [-0.25, -0.2) is 13.1 Å². The maximum Gasteiger partial charge on any atom is 0.253 e. The van der Waals surface area contributed by atoms with E-state index in [0.29, 0.717) is 30.7 Å². The number of hydrogen-bond acceptors (Lipinski definition) is 5. The molecule has 2 saturated heterocycles. The number of rotatable bonds is 7. The lowest BCUT2D eigenvalue weighted by Crippen LogP contribution is -2.49. The lowest BCUT2D eigenvalue weighted by Gasteiger charge is -2.36. The van der Waals surface area contributed by atoms with E-state index in [4.69, 9.17) is 4.74 Å². The van der Waals surface area contributed by atoms with Gasteiger partial charge < -0.3 is 9.64 Å². The molecule has 3 rings (SSSR count). The van der Waals surface area contributed by atoms with Gasteiger partial charge in [0.1, 0.15) is 0 Å². The van der Waals surface area contributed by atoms with Gasteiger partial charge in [0.15, 0.2) is 0 Å². The van der Waals surface area contributed by atoms with Crippen molar-refractivity contribution in [1.29, 1.82) is 0 Å². The highest BCUT2D eigenvalue weighted by Crippen LogP contribution is 2.20. The molecule has 168 valence electrons. The van der Waals surface area contributed by atoms with E-state index in [1.54, 1.807) is 12.1 Å². The predicted molar refractivity (Wildman–Crippen MR) is 117 cm³/mol. The molecule has 2 aliphatic heterocycles. The molecule has 1 atom stereocenters. The number of amides is 1. The van der Waals surface area contributed by atoms with Crippen LogP contribution in [0.2, 0.25) is 0 Å². The summed E-state index contributed by atoms with van der Waals surface area (Å²) >= 11 is 0. The second-order valence-corrected chi connectivity index (χ2v) is 11.2. The lowest BCUT2D eigenvalue weighted by atomic mass is 9.92. The summed E-state index contributed by atoms with van der Waals surface area (Å²) in [6, 6.07) is 6.33. The smallest absolute Gasteiger partial charge is 0.253 e. The lowest BCUT2D eigenvalue weighted by molar-refractivity contribution is 0.0623. The maximum atomic E-state index is 12.9. The quantitative estimate of drug-likeness (QED) is 0.708. The molecular weight excluding hydrogens is 402 g/mol. The summed E-state index contributed by atoms with van der Waals surface area (Å²) < 4.78 is 33.4. The summed E-state index contributed by atoms with van der Waals surface area (Å²) in [7, 11) is -3.67. The Balaban J connectivity index is 1.57. The Hall–Kier alpha value is -1.48. The normalized spacial score (nSPS) is 21.2. The molecule has 0 aliphatic carbocycles. The highest BCUT2D eigenvalue weighted by Gasteiger charge is 2.25. The Labute approximate surface area is 180 Å². The highest BCUT2D eigenvalue weighted by atomic mass is 32.2. The summed E-state index contributed by atoms with van der Waals surface area (Å²) in [4.78, 5) is 17.3. The third kappa shape index (κ3) is 6.51. The minimum atomic E-state index is -3.67. The Morgan fingerprint density at radius 2 is 1.93 bits per heavy atom. The fourth-order valence-corrected chi connectivity index (χ4v) is 4.85. The molecule has 1 aromatic rings. The number of carbonyl (C=O) groups excluding carboxylic acids is 1. The van der Waals surface area contributed by atoms with Crippen molar-refractivity contribution < 1.29 is 17.9 Å². The summed E-state index contributed by atoms with van der Waals surface area (Å²) in [6.07, 6.45) is 2.88. The van der Waals surface area contributed by atoms with Crippen molar-refractivity contribution in [2.45, 2.75) is 51.0 Å². The van der Waals surface area contributed by atoms with Crippen LogP contribution in [-0.2, 0) is 14.8 Å². The molecule has 30 heavy (non-hydrogen) atoms. The van der Waals surface area contributed by atoms with E-state index in [0.717, 1.165) is 38.9 Å². The molecule has 0 saturated carbocycles. The number of nitrogens with one attached hydrogen (secondary N) is 1. The first-order valence-electron chi connectivity index (χ1n) is 10.9. The zero-order chi connectivity index (χ0) is 21.8. The van der Waals surface area contributed by atoms with E-state index in [1.807, 2.05) is 4.90 Å². The number of piperazine rings is 1. The molecule has 0 radical (unpaired) electrons. The Morgan fingerprint density at radius 1 is 1.20 bits per heavy atom. The molecule has 2 aliphatic rings. The van der Waals surface area contributed by atoms with Crippen LogP contribution in [0.25, 0.3) is 0 Å². The van der Waals surface area contributed by atoms with Crippen LogP contribution in [0, 0.1) is 5.41 Å². The van der Waals surface area contributed by atoms with Gasteiger partial charge >= 0.3 is 0 Å². The van der Waals surface area contributed by atoms with Gasteiger partial charge in [0.05, 0.1) is 11.0 Å². The average molecular weight is 438 g/mol. The molecule has 1 aromatic carbocycles. The van der Waals surface area contributed by atoms with Crippen molar-refractivity contribution in [1.82, 2.24) is 14.5 Å². The molecule has 1 unspecified atom stereocenters. The molecule has 8 heteroatoms. The second kappa shape index (κ2) is 9.77. The van der Waals surface area contributed by atoms with Crippen molar-refractivity contribution in [3.8, 4) is 0 Å². The maximum absolute atomic E-state index is 12.9. The number of nitrogens with zero attached hydrogens (tertiary/aromatic N) is 2. The summed E-state index contributed by atoms with van der Waals surface area (Å²) in [5.41, 5.74) is 0.717. The Bertz CT molecular complexity index is 821. The van der Waals surface area contributed by atoms with Gasteiger partial charge in [-0.05, 0) is 49.4 Å². The fourth-order valence-electron chi connectivity index (χ4n) is 3.74. The van der Waals surface area contributed by atoms with Crippen LogP contribution in [0.1, 0.15) is 50.4 Å². The molecular formula is C22H35N3O4S. The standard InChI is InChI=1S/C22H35N3O4S/c1-22(2,3)9-10-24-11-13-25(14-12-24)21(26)18-6-4-8-20(16-18)30(27,28)23-17-19-7-5-15-29-19/h4,6,8,16,19,23H,5,7,9-15,17H2,1-3H3. The number of hydrogen-bond donors (Lipinski definition) is 1. The zero-order valence-electron chi connectivity index (χ0n) is 18.4. The first kappa shape index (κ1) is 23.2. The molecule has 2 fully saturated rings. The van der Waals surface area contributed by atoms with Crippen molar-refractivity contribution in [3.05, 3.63) is 29.8 Å². The van der Waals surface area contributed by atoms with E-state index in [1.165, 1.54) is 12.1 Å². The van der Waals surface area contributed by atoms with Crippen LogP contribution in [0.4, 0.5) is 0 Å². The number of benzene rings is 1. The average Bonchev–Trinajstić information content (AvgIpc) is 3.24. The summed E-state index contributed by atoms with van der Waals surface area (Å²) in [5, 5.41) is 0. The molecule has 1 amide bonds. The highest BCUT2D eigenvalue weighted by molar-refractivity contribution is 7.89. The van der Waals surface area contributed by atoms with Gasteiger partial charge in [0.25, 0.3) is 5.91 Å². The number of ether oxygens (including phenoxy) is 1. The molecule has 2 heterocycles. The van der Waals surface area contributed by atoms with Crippen LogP contribution in [-0.4, -0.2) is 76.1 Å². The zero-order valence-corrected chi connectivity index (χ0v) is 19.2. The third-order valence-electron chi connectivity index (χ3n) is 5.75. The van der Waals surface area contributed by atoms with E-state index < -0.39 is 10.0 Å². The molecule has 1 N–H and O–H groups in total. The predicted octanol–water partition coefficient (Wildman–Crippen LogP) is 2.34. The minimum Gasteiger partial charge on any atom is -0.377 e. The molecule has 0 aromatic heterocycles. The number of sulfonamides is 1. The van der Waals surface area contributed by atoms with Crippen LogP contribution in [0.15, 0.2) is 29.2 Å². The number of carbonyl (C=O) groups is 1. The largest absolute Gasteiger partial charge is 0.377 e. The topological polar surface area (TPSA) is 79.0 Å². The summed E-state index contributed by atoms with van der Waals surface area (Å²) in [5.74, 6) is -0.110. The van der Waals surface area contributed by atoms with Crippen LogP contribution < -0.4 is 4.72 Å². The van der Waals surface area contributed by atoms with Gasteiger partial charge in [0.2, 0.25) is 10.0 Å². The Kier molecular flexibility index (Phi) is 7.55. The third-order valence-corrected chi connectivity index (χ3v) is 7.18. The SMILES string of the molecule is CC(C)(C)CCN1CCN(C(=O)c2cccc(S(=O)(=O)NCC3CCCO3)c2)CC1.